The summed E-state index contributed by atoms with van der Waals surface area (Å²) in [6.07, 6.45) is 4.79. The number of piperidine rings is 2. The molecule has 2 aromatic carbocycles. The zero-order valence-electron chi connectivity index (χ0n) is 18.4. The van der Waals surface area contributed by atoms with E-state index in [2.05, 4.69) is 17.1 Å². The first-order chi connectivity index (χ1) is 15.1. The van der Waals surface area contributed by atoms with Crippen LogP contribution in [0.2, 0.25) is 0 Å². The third-order valence-electron chi connectivity index (χ3n) is 6.64. The Bertz CT molecular complexity index is 891. The molecule has 0 radical (unpaired) electrons. The minimum absolute atomic E-state index is 0.0147. The summed E-state index contributed by atoms with van der Waals surface area (Å²) in [7, 11) is 0. The summed E-state index contributed by atoms with van der Waals surface area (Å²) < 4.78 is 0. The number of carbonyl (C=O) groups excluding carboxylic acids is 2. The molecule has 0 aromatic heterocycles. The van der Waals surface area contributed by atoms with Gasteiger partial charge in [-0.1, -0.05) is 37.3 Å². The first kappa shape index (κ1) is 21.6. The summed E-state index contributed by atoms with van der Waals surface area (Å²) in [5, 5.41) is 2.93. The van der Waals surface area contributed by atoms with Crippen molar-refractivity contribution >= 4 is 17.5 Å². The van der Waals surface area contributed by atoms with Gasteiger partial charge in [-0.25, -0.2) is 0 Å². The molecule has 0 bridgehead atoms. The molecule has 4 rings (SSSR count). The number of nitrogens with one attached hydrogen (secondary N) is 1. The number of hydrogen-bond acceptors (Lipinski definition) is 3. The van der Waals surface area contributed by atoms with Gasteiger partial charge in [0.1, 0.15) is 0 Å². The highest BCUT2D eigenvalue weighted by Gasteiger charge is 2.28. The number of rotatable bonds is 5. The average Bonchev–Trinajstić information content (AvgIpc) is 2.81. The highest BCUT2D eigenvalue weighted by Crippen LogP contribution is 2.25. The van der Waals surface area contributed by atoms with E-state index in [1.165, 1.54) is 32.4 Å². The lowest BCUT2D eigenvalue weighted by atomic mass is 9.94. The molecule has 0 saturated carbocycles. The third kappa shape index (κ3) is 5.53. The molecule has 2 aliphatic rings. The molecule has 5 heteroatoms. The molecule has 1 unspecified atom stereocenters. The van der Waals surface area contributed by atoms with Crippen molar-refractivity contribution in [3.8, 4) is 0 Å². The third-order valence-corrected chi connectivity index (χ3v) is 6.64. The predicted molar refractivity (Wildman–Crippen MR) is 124 cm³/mol. The molecule has 2 fully saturated rings. The van der Waals surface area contributed by atoms with Crippen molar-refractivity contribution in [2.75, 3.05) is 38.0 Å². The van der Waals surface area contributed by atoms with E-state index in [0.29, 0.717) is 22.7 Å². The van der Waals surface area contributed by atoms with E-state index in [1.807, 2.05) is 47.4 Å². The van der Waals surface area contributed by atoms with Gasteiger partial charge in [-0.05, 0) is 74.9 Å². The Morgan fingerprint density at radius 1 is 0.935 bits per heavy atom. The van der Waals surface area contributed by atoms with Gasteiger partial charge in [-0.15, -0.1) is 0 Å². The Morgan fingerprint density at radius 3 is 2.42 bits per heavy atom. The minimum atomic E-state index is -0.198. The zero-order chi connectivity index (χ0) is 21.6. The maximum atomic E-state index is 13.4. The van der Waals surface area contributed by atoms with Crippen LogP contribution in [0.4, 0.5) is 5.69 Å². The largest absolute Gasteiger partial charge is 0.338 e. The lowest BCUT2D eigenvalue weighted by molar-refractivity contribution is 0.0623. The van der Waals surface area contributed by atoms with Crippen LogP contribution in [0.25, 0.3) is 0 Å². The predicted octanol–water partition coefficient (Wildman–Crippen LogP) is 4.52. The quantitative estimate of drug-likeness (QED) is 0.775. The summed E-state index contributed by atoms with van der Waals surface area (Å²) >= 11 is 0. The second-order valence-electron chi connectivity index (χ2n) is 9.11. The van der Waals surface area contributed by atoms with E-state index in [-0.39, 0.29) is 11.8 Å². The Morgan fingerprint density at radius 2 is 1.65 bits per heavy atom. The first-order valence-corrected chi connectivity index (χ1v) is 11.6. The van der Waals surface area contributed by atoms with Crippen molar-refractivity contribution in [1.29, 1.82) is 0 Å². The Kier molecular flexibility index (Phi) is 7.03. The molecule has 1 N–H and O–H groups in total. The first-order valence-electron chi connectivity index (χ1n) is 11.6. The SMILES string of the molecule is CC1CCN(CC2CCCN(C(=O)c3ccccc3NC(=O)c3ccccc3)C2)CC1. The minimum Gasteiger partial charge on any atom is -0.338 e. The van der Waals surface area contributed by atoms with Gasteiger partial charge in [0, 0.05) is 25.2 Å². The van der Waals surface area contributed by atoms with Crippen LogP contribution in [0, 0.1) is 11.8 Å². The molecule has 2 amide bonds. The van der Waals surface area contributed by atoms with Gasteiger partial charge in [0.15, 0.2) is 0 Å². The van der Waals surface area contributed by atoms with E-state index in [4.69, 9.17) is 0 Å². The van der Waals surface area contributed by atoms with Gasteiger partial charge in [0.2, 0.25) is 0 Å². The van der Waals surface area contributed by atoms with Gasteiger partial charge in [0.05, 0.1) is 11.3 Å². The molecule has 2 aromatic rings. The van der Waals surface area contributed by atoms with Crippen LogP contribution in [0.3, 0.4) is 0 Å². The molecule has 1 atom stereocenters. The normalized spacial score (nSPS) is 20.4. The number of likely N-dealkylation sites (tertiary alicyclic amines) is 2. The van der Waals surface area contributed by atoms with Crippen LogP contribution < -0.4 is 5.32 Å². The molecule has 2 aliphatic heterocycles. The number of amides is 2. The zero-order valence-corrected chi connectivity index (χ0v) is 18.4. The highest BCUT2D eigenvalue weighted by molar-refractivity contribution is 6.09. The average molecular weight is 420 g/mol. The smallest absolute Gasteiger partial charge is 0.255 e. The molecule has 164 valence electrons. The van der Waals surface area contributed by atoms with Gasteiger partial charge < -0.3 is 15.1 Å². The number of benzene rings is 2. The molecule has 2 saturated heterocycles. The number of anilines is 1. The maximum absolute atomic E-state index is 13.4. The van der Waals surface area contributed by atoms with Crippen molar-refractivity contribution in [2.45, 2.75) is 32.6 Å². The standard InChI is InChI=1S/C26H33N3O2/c1-20-13-16-28(17-14-20)18-21-8-7-15-29(19-21)26(31)23-11-5-6-12-24(23)27-25(30)22-9-3-2-4-10-22/h2-6,9-12,20-21H,7-8,13-19H2,1H3,(H,27,30). The van der Waals surface area contributed by atoms with Crippen molar-refractivity contribution < 1.29 is 9.59 Å². The lowest BCUT2D eigenvalue weighted by Gasteiger charge is -2.38. The fraction of sp³-hybridized carbons (Fsp3) is 0.462. The van der Waals surface area contributed by atoms with E-state index in [9.17, 15) is 9.59 Å². The molecule has 0 aliphatic carbocycles. The summed E-state index contributed by atoms with van der Waals surface area (Å²) in [5.41, 5.74) is 1.73. The van der Waals surface area contributed by atoms with Crippen LogP contribution >= 0.6 is 0 Å². The van der Waals surface area contributed by atoms with Crippen LogP contribution in [-0.4, -0.2) is 54.3 Å². The van der Waals surface area contributed by atoms with E-state index in [1.54, 1.807) is 12.1 Å². The maximum Gasteiger partial charge on any atom is 0.255 e. The van der Waals surface area contributed by atoms with Crippen LogP contribution in [0.1, 0.15) is 53.3 Å². The van der Waals surface area contributed by atoms with Crippen LogP contribution in [0.5, 0.6) is 0 Å². The van der Waals surface area contributed by atoms with Gasteiger partial charge in [-0.3, -0.25) is 9.59 Å². The second kappa shape index (κ2) is 10.1. The van der Waals surface area contributed by atoms with Gasteiger partial charge in [-0.2, -0.15) is 0 Å². The van der Waals surface area contributed by atoms with Crippen molar-refractivity contribution in [1.82, 2.24) is 9.80 Å². The topological polar surface area (TPSA) is 52.6 Å². The van der Waals surface area contributed by atoms with E-state index in [0.717, 1.165) is 32.0 Å². The molecule has 2 heterocycles. The number of para-hydroxylation sites is 1. The highest BCUT2D eigenvalue weighted by atomic mass is 16.2. The fourth-order valence-corrected chi connectivity index (χ4v) is 4.74. The number of hydrogen-bond donors (Lipinski definition) is 1. The Labute approximate surface area is 185 Å². The second-order valence-corrected chi connectivity index (χ2v) is 9.11. The number of carbonyl (C=O) groups is 2. The van der Waals surface area contributed by atoms with Crippen LogP contribution in [-0.2, 0) is 0 Å². The van der Waals surface area contributed by atoms with Gasteiger partial charge in [0.25, 0.3) is 11.8 Å². The molecular formula is C26H33N3O2. The van der Waals surface area contributed by atoms with E-state index >= 15 is 0 Å². The summed E-state index contributed by atoms with van der Waals surface area (Å²) in [6.45, 7) is 7.37. The molecular weight excluding hydrogens is 386 g/mol. The molecule has 5 nitrogen and oxygen atoms in total. The van der Waals surface area contributed by atoms with E-state index < -0.39 is 0 Å². The fourth-order valence-electron chi connectivity index (χ4n) is 4.74. The van der Waals surface area contributed by atoms with Crippen LogP contribution in [0.15, 0.2) is 54.6 Å². The Balaban J connectivity index is 1.41. The van der Waals surface area contributed by atoms with Gasteiger partial charge >= 0.3 is 0 Å². The molecule has 31 heavy (non-hydrogen) atoms. The lowest BCUT2D eigenvalue weighted by Crippen LogP contribution is -2.45. The van der Waals surface area contributed by atoms with Crippen molar-refractivity contribution in [3.63, 3.8) is 0 Å². The monoisotopic (exact) mass is 419 g/mol. The van der Waals surface area contributed by atoms with Crippen molar-refractivity contribution in [3.05, 3.63) is 65.7 Å². The molecule has 0 spiro atoms. The Hall–Kier alpha value is -2.66. The number of nitrogens with zero attached hydrogens (tertiary/aromatic N) is 2. The summed E-state index contributed by atoms with van der Waals surface area (Å²) in [4.78, 5) is 30.6. The summed E-state index contributed by atoms with van der Waals surface area (Å²) in [6, 6.07) is 16.4. The summed E-state index contributed by atoms with van der Waals surface area (Å²) in [5.74, 6) is 1.18. The van der Waals surface area contributed by atoms with Crippen molar-refractivity contribution in [2.24, 2.45) is 11.8 Å².